The summed E-state index contributed by atoms with van der Waals surface area (Å²) in [6.45, 7) is 10.6. The second-order valence-corrected chi connectivity index (χ2v) is 10.4. The van der Waals surface area contributed by atoms with Gasteiger partial charge in [-0.25, -0.2) is 4.79 Å². The lowest BCUT2D eigenvalue weighted by atomic mass is 9.68. The fraction of sp³-hybridized carbons (Fsp3) is 0.870. The van der Waals surface area contributed by atoms with Crippen LogP contribution >= 0.6 is 0 Å². The normalized spacial score (nSPS) is 23.7. The third kappa shape index (κ3) is 8.06. The lowest BCUT2D eigenvalue weighted by molar-refractivity contribution is -0.383. The molecule has 1 aliphatic carbocycles. The van der Waals surface area contributed by atoms with Gasteiger partial charge >= 0.3 is 18.3 Å². The molecule has 6 nitrogen and oxygen atoms in total. The molecule has 4 atom stereocenters. The average Bonchev–Trinajstić information content (AvgIpc) is 2.68. The minimum Gasteiger partial charge on any atom is -0.459 e. The van der Waals surface area contributed by atoms with Crippen LogP contribution in [0.2, 0.25) is 0 Å². The Morgan fingerprint density at radius 1 is 0.943 bits per heavy atom. The SMILES string of the molecule is C=C(C)C(=O)OC1CC(C(C)(C)OCC(C)O)CC(C(C)(C)OCC(O)(C(F)(F)F)C(F)(F)F)C1. The molecule has 4 unspecified atom stereocenters. The number of esters is 1. The summed E-state index contributed by atoms with van der Waals surface area (Å²) in [6, 6.07) is 0. The van der Waals surface area contributed by atoms with Gasteiger partial charge in [0, 0.05) is 5.57 Å². The van der Waals surface area contributed by atoms with Gasteiger partial charge in [-0.05, 0) is 72.6 Å². The summed E-state index contributed by atoms with van der Waals surface area (Å²) in [4.78, 5) is 12.1. The molecule has 1 fully saturated rings. The Kier molecular flexibility index (Phi) is 9.89. The molecular weight excluding hydrogens is 486 g/mol. The fourth-order valence-corrected chi connectivity index (χ4v) is 3.94. The first-order chi connectivity index (χ1) is 15.5. The Balaban J connectivity index is 3.20. The van der Waals surface area contributed by atoms with Gasteiger partial charge in [-0.2, -0.15) is 26.3 Å². The molecule has 0 aromatic heterocycles. The van der Waals surface area contributed by atoms with Crippen molar-refractivity contribution in [3.63, 3.8) is 0 Å². The summed E-state index contributed by atoms with van der Waals surface area (Å²) in [5, 5.41) is 19.1. The van der Waals surface area contributed by atoms with Crippen molar-refractivity contribution in [3.05, 3.63) is 12.2 Å². The molecule has 206 valence electrons. The Labute approximate surface area is 201 Å². The molecule has 0 aliphatic heterocycles. The van der Waals surface area contributed by atoms with Crippen LogP contribution in [-0.4, -0.2) is 70.8 Å². The smallest absolute Gasteiger partial charge is 0.428 e. The molecule has 0 saturated heterocycles. The first-order valence-corrected chi connectivity index (χ1v) is 11.2. The van der Waals surface area contributed by atoms with Crippen LogP contribution in [0.25, 0.3) is 0 Å². The number of alkyl halides is 6. The summed E-state index contributed by atoms with van der Waals surface area (Å²) >= 11 is 0. The van der Waals surface area contributed by atoms with Crippen LogP contribution in [0, 0.1) is 11.8 Å². The van der Waals surface area contributed by atoms with Gasteiger partial charge in [-0.3, -0.25) is 0 Å². The third-order valence-electron chi connectivity index (χ3n) is 6.54. The standard InChI is InChI=1S/C23H36F6O6/c1-13(2)18(31)35-17-9-15(19(4,5)33-11-14(3)30)8-16(10-17)20(6,7)34-12-21(32,22(24,25)26)23(27,28)29/h14-17,30,32H,1,8-12H2,2-7H3. The van der Waals surface area contributed by atoms with Crippen molar-refractivity contribution >= 4 is 5.97 Å². The molecule has 0 spiro atoms. The maximum atomic E-state index is 13.1. The van der Waals surface area contributed by atoms with E-state index >= 15 is 0 Å². The summed E-state index contributed by atoms with van der Waals surface area (Å²) in [5.74, 6) is -1.70. The summed E-state index contributed by atoms with van der Waals surface area (Å²) < 4.78 is 95.1. The highest BCUT2D eigenvalue weighted by molar-refractivity contribution is 5.87. The summed E-state index contributed by atoms with van der Waals surface area (Å²) in [6.07, 6.45) is -12.8. The van der Waals surface area contributed by atoms with E-state index < -0.39 is 59.9 Å². The molecular formula is C23H36F6O6. The number of rotatable bonds is 10. The lowest BCUT2D eigenvalue weighted by Crippen LogP contribution is -2.61. The van der Waals surface area contributed by atoms with E-state index in [1.807, 2.05) is 0 Å². The van der Waals surface area contributed by atoms with Crippen molar-refractivity contribution < 1.29 is 55.6 Å². The molecule has 1 saturated carbocycles. The number of carbonyl (C=O) groups excluding carboxylic acids is 1. The maximum Gasteiger partial charge on any atom is 0.428 e. The highest BCUT2D eigenvalue weighted by Crippen LogP contribution is 2.47. The monoisotopic (exact) mass is 522 g/mol. The zero-order valence-electron chi connectivity index (χ0n) is 20.8. The van der Waals surface area contributed by atoms with Crippen molar-refractivity contribution in [1.29, 1.82) is 0 Å². The van der Waals surface area contributed by atoms with Crippen LogP contribution in [0.3, 0.4) is 0 Å². The van der Waals surface area contributed by atoms with Gasteiger partial charge in [0.1, 0.15) is 6.10 Å². The van der Waals surface area contributed by atoms with E-state index in [4.69, 9.17) is 14.2 Å². The predicted molar refractivity (Wildman–Crippen MR) is 114 cm³/mol. The van der Waals surface area contributed by atoms with Crippen LogP contribution < -0.4 is 0 Å². The average molecular weight is 523 g/mol. The maximum absolute atomic E-state index is 13.1. The van der Waals surface area contributed by atoms with E-state index in [2.05, 4.69) is 6.58 Å². The Morgan fingerprint density at radius 2 is 1.37 bits per heavy atom. The lowest BCUT2D eigenvalue weighted by Gasteiger charge is -2.47. The molecule has 0 heterocycles. The second kappa shape index (κ2) is 10.9. The molecule has 2 N–H and O–H groups in total. The molecule has 0 bridgehead atoms. The van der Waals surface area contributed by atoms with E-state index in [9.17, 15) is 41.4 Å². The van der Waals surface area contributed by atoms with Crippen molar-refractivity contribution in [2.24, 2.45) is 11.8 Å². The molecule has 0 radical (unpaired) electrons. The Bertz CT molecular complexity index is 730. The van der Waals surface area contributed by atoms with E-state index in [1.165, 1.54) is 27.7 Å². The number of aliphatic hydroxyl groups is 2. The minimum absolute atomic E-state index is 0.00548. The molecule has 0 amide bonds. The minimum atomic E-state index is -6.01. The van der Waals surface area contributed by atoms with Crippen LogP contribution in [-0.2, 0) is 19.0 Å². The van der Waals surface area contributed by atoms with Crippen molar-refractivity contribution in [3.8, 4) is 0 Å². The number of aliphatic hydroxyl groups excluding tert-OH is 1. The zero-order chi connectivity index (χ0) is 27.6. The highest BCUT2D eigenvalue weighted by atomic mass is 19.4. The first kappa shape index (κ1) is 31.7. The predicted octanol–water partition coefficient (Wildman–Crippen LogP) is 4.72. The Hall–Kier alpha value is -1.37. The van der Waals surface area contributed by atoms with Gasteiger partial charge in [0.2, 0.25) is 0 Å². The van der Waals surface area contributed by atoms with Crippen LogP contribution in [0.4, 0.5) is 26.3 Å². The van der Waals surface area contributed by atoms with Gasteiger partial charge in [0.15, 0.2) is 0 Å². The number of halogens is 6. The molecule has 0 aromatic rings. The first-order valence-electron chi connectivity index (χ1n) is 11.2. The largest absolute Gasteiger partial charge is 0.459 e. The van der Waals surface area contributed by atoms with E-state index in [0.29, 0.717) is 6.42 Å². The number of hydrogen-bond donors (Lipinski definition) is 2. The van der Waals surface area contributed by atoms with Crippen LogP contribution in [0.1, 0.15) is 60.8 Å². The van der Waals surface area contributed by atoms with E-state index in [0.717, 1.165) is 0 Å². The number of hydrogen-bond acceptors (Lipinski definition) is 6. The van der Waals surface area contributed by atoms with E-state index in [1.54, 1.807) is 13.8 Å². The van der Waals surface area contributed by atoms with Crippen LogP contribution in [0.5, 0.6) is 0 Å². The highest BCUT2D eigenvalue weighted by Gasteiger charge is 2.71. The zero-order valence-corrected chi connectivity index (χ0v) is 20.8. The quantitative estimate of drug-likeness (QED) is 0.246. The molecule has 12 heteroatoms. The number of carbonyl (C=O) groups is 1. The summed E-state index contributed by atoms with van der Waals surface area (Å²) in [5.41, 5.74) is -7.36. The Morgan fingerprint density at radius 3 is 1.74 bits per heavy atom. The van der Waals surface area contributed by atoms with Gasteiger partial charge in [-0.15, -0.1) is 0 Å². The molecule has 1 rings (SSSR count). The van der Waals surface area contributed by atoms with E-state index in [-0.39, 0.29) is 30.9 Å². The van der Waals surface area contributed by atoms with Gasteiger partial charge in [0.25, 0.3) is 5.60 Å². The van der Waals surface area contributed by atoms with Crippen molar-refractivity contribution in [2.75, 3.05) is 13.2 Å². The van der Waals surface area contributed by atoms with Gasteiger partial charge in [-0.1, -0.05) is 6.58 Å². The van der Waals surface area contributed by atoms with Crippen molar-refractivity contribution in [2.45, 2.75) is 102 Å². The molecule has 0 aromatic carbocycles. The fourth-order valence-electron chi connectivity index (χ4n) is 3.94. The van der Waals surface area contributed by atoms with Crippen molar-refractivity contribution in [1.82, 2.24) is 0 Å². The molecule has 1 aliphatic rings. The third-order valence-corrected chi connectivity index (χ3v) is 6.54. The molecule has 35 heavy (non-hydrogen) atoms. The van der Waals surface area contributed by atoms with Gasteiger partial charge < -0.3 is 24.4 Å². The summed E-state index contributed by atoms with van der Waals surface area (Å²) in [7, 11) is 0. The van der Waals surface area contributed by atoms with Gasteiger partial charge in [0.05, 0.1) is 30.5 Å². The second-order valence-electron chi connectivity index (χ2n) is 10.4. The van der Waals surface area contributed by atoms with Crippen LogP contribution in [0.15, 0.2) is 12.2 Å². The number of ether oxygens (including phenoxy) is 3. The topological polar surface area (TPSA) is 85.2 Å².